The number of benzene rings is 2. The second-order valence-electron chi connectivity index (χ2n) is 9.11. The fourth-order valence-electron chi connectivity index (χ4n) is 3.92. The van der Waals surface area contributed by atoms with Gasteiger partial charge >= 0.3 is 0 Å². The van der Waals surface area contributed by atoms with Gasteiger partial charge in [0.1, 0.15) is 5.01 Å². The van der Waals surface area contributed by atoms with Gasteiger partial charge in [-0.3, -0.25) is 14.9 Å². The van der Waals surface area contributed by atoms with Gasteiger partial charge in [-0.25, -0.2) is 0 Å². The Balaban J connectivity index is 1.44. The first-order chi connectivity index (χ1) is 15.3. The molecule has 0 bridgehead atoms. The molecule has 7 heteroatoms. The molecule has 0 spiro atoms. The molecule has 1 saturated heterocycles. The molecule has 1 N–H and O–H groups in total. The van der Waals surface area contributed by atoms with Crippen LogP contribution in [0.3, 0.4) is 0 Å². The third-order valence-corrected chi connectivity index (χ3v) is 6.81. The first-order valence-electron chi connectivity index (χ1n) is 10.9. The van der Waals surface area contributed by atoms with Crippen molar-refractivity contribution in [2.45, 2.75) is 51.9 Å². The molecule has 1 fully saturated rings. The zero-order valence-corrected chi connectivity index (χ0v) is 19.7. The molecule has 32 heavy (non-hydrogen) atoms. The Hall–Kier alpha value is -3.06. The SMILES string of the molecule is CCc1ccccc1N1CC(c2nnc(NC(=O)c3ccc(C(C)(C)C)cc3)s2)CC1=O. The predicted molar refractivity (Wildman–Crippen MR) is 129 cm³/mol. The Morgan fingerprint density at radius 2 is 1.84 bits per heavy atom. The third kappa shape index (κ3) is 4.58. The Morgan fingerprint density at radius 1 is 1.12 bits per heavy atom. The average molecular weight is 449 g/mol. The number of nitrogens with zero attached hydrogens (tertiary/aromatic N) is 3. The van der Waals surface area contributed by atoms with Crippen LogP contribution in [0, 0.1) is 0 Å². The predicted octanol–water partition coefficient (Wildman–Crippen LogP) is 5.17. The quantitative estimate of drug-likeness (QED) is 0.584. The molecule has 2 heterocycles. The second-order valence-corrected chi connectivity index (χ2v) is 10.1. The summed E-state index contributed by atoms with van der Waals surface area (Å²) in [6.45, 7) is 9.09. The lowest BCUT2D eigenvalue weighted by Crippen LogP contribution is -2.25. The first kappa shape index (κ1) is 22.1. The number of hydrogen-bond donors (Lipinski definition) is 1. The molecule has 1 atom stereocenters. The number of para-hydroxylation sites is 1. The van der Waals surface area contributed by atoms with E-state index < -0.39 is 0 Å². The number of amides is 2. The highest BCUT2D eigenvalue weighted by Crippen LogP contribution is 2.35. The minimum atomic E-state index is -0.214. The van der Waals surface area contributed by atoms with Crippen molar-refractivity contribution in [1.82, 2.24) is 10.2 Å². The van der Waals surface area contributed by atoms with Crippen molar-refractivity contribution in [2.24, 2.45) is 0 Å². The Bertz CT molecular complexity index is 1130. The molecular formula is C25H28N4O2S. The second kappa shape index (κ2) is 8.82. The number of aryl methyl sites for hydroxylation is 1. The van der Waals surface area contributed by atoms with Gasteiger partial charge in [0.15, 0.2) is 0 Å². The van der Waals surface area contributed by atoms with Crippen LogP contribution in [-0.4, -0.2) is 28.6 Å². The summed E-state index contributed by atoms with van der Waals surface area (Å²) in [4.78, 5) is 27.2. The molecule has 3 aromatic rings. The summed E-state index contributed by atoms with van der Waals surface area (Å²) >= 11 is 1.34. The van der Waals surface area contributed by atoms with Crippen molar-refractivity contribution in [3.05, 3.63) is 70.2 Å². The van der Waals surface area contributed by atoms with Crippen molar-refractivity contribution < 1.29 is 9.59 Å². The highest BCUT2D eigenvalue weighted by atomic mass is 32.1. The summed E-state index contributed by atoms with van der Waals surface area (Å²) in [6, 6.07) is 15.6. The van der Waals surface area contributed by atoms with E-state index in [-0.39, 0.29) is 23.1 Å². The minimum Gasteiger partial charge on any atom is -0.311 e. The van der Waals surface area contributed by atoms with Gasteiger partial charge in [-0.2, -0.15) is 0 Å². The summed E-state index contributed by atoms with van der Waals surface area (Å²) < 4.78 is 0. The number of aromatic nitrogens is 2. The molecule has 166 valence electrons. The number of nitrogens with one attached hydrogen (secondary N) is 1. The van der Waals surface area contributed by atoms with Crippen molar-refractivity contribution >= 4 is 34.0 Å². The van der Waals surface area contributed by atoms with E-state index in [0.29, 0.717) is 23.7 Å². The largest absolute Gasteiger partial charge is 0.311 e. The smallest absolute Gasteiger partial charge is 0.257 e. The molecule has 0 radical (unpaired) electrons. The lowest BCUT2D eigenvalue weighted by Gasteiger charge is -2.19. The van der Waals surface area contributed by atoms with Crippen molar-refractivity contribution in [3.8, 4) is 0 Å². The maximum Gasteiger partial charge on any atom is 0.257 e. The van der Waals surface area contributed by atoms with Crippen LogP contribution < -0.4 is 10.2 Å². The van der Waals surface area contributed by atoms with E-state index in [2.05, 4.69) is 49.3 Å². The van der Waals surface area contributed by atoms with Crippen LogP contribution in [0.5, 0.6) is 0 Å². The normalized spacial score (nSPS) is 16.4. The number of hydrogen-bond acceptors (Lipinski definition) is 5. The van der Waals surface area contributed by atoms with Crippen LogP contribution in [0.15, 0.2) is 48.5 Å². The molecule has 4 rings (SSSR count). The van der Waals surface area contributed by atoms with E-state index in [1.165, 1.54) is 16.9 Å². The fourth-order valence-corrected chi connectivity index (χ4v) is 4.75. The zero-order chi connectivity index (χ0) is 22.9. The summed E-state index contributed by atoms with van der Waals surface area (Å²) in [7, 11) is 0. The molecule has 2 aromatic carbocycles. The highest BCUT2D eigenvalue weighted by molar-refractivity contribution is 7.15. The van der Waals surface area contributed by atoms with Gasteiger partial charge in [-0.1, -0.05) is 69.4 Å². The van der Waals surface area contributed by atoms with E-state index in [4.69, 9.17) is 0 Å². The van der Waals surface area contributed by atoms with Crippen LogP contribution in [0.4, 0.5) is 10.8 Å². The van der Waals surface area contributed by atoms with Crippen LogP contribution in [0.25, 0.3) is 0 Å². The summed E-state index contributed by atoms with van der Waals surface area (Å²) in [5.41, 5.74) is 3.91. The van der Waals surface area contributed by atoms with Gasteiger partial charge < -0.3 is 4.90 Å². The van der Waals surface area contributed by atoms with Crippen molar-refractivity contribution in [2.75, 3.05) is 16.8 Å². The van der Waals surface area contributed by atoms with Gasteiger partial charge in [-0.05, 0) is 41.2 Å². The molecular weight excluding hydrogens is 420 g/mol. The molecule has 1 aliphatic rings. The maximum atomic E-state index is 12.7. The Kier molecular flexibility index (Phi) is 6.11. The van der Waals surface area contributed by atoms with Gasteiger partial charge in [0, 0.05) is 30.1 Å². The lowest BCUT2D eigenvalue weighted by atomic mass is 9.87. The molecule has 0 saturated carbocycles. The molecule has 1 unspecified atom stereocenters. The number of anilines is 2. The number of carbonyl (C=O) groups is 2. The Morgan fingerprint density at radius 3 is 2.53 bits per heavy atom. The molecule has 0 aliphatic carbocycles. The lowest BCUT2D eigenvalue weighted by molar-refractivity contribution is -0.117. The monoisotopic (exact) mass is 448 g/mol. The average Bonchev–Trinajstić information content (AvgIpc) is 3.39. The standard InChI is InChI=1S/C25H28N4O2S/c1-5-16-8-6-7-9-20(16)29-15-18(14-21(29)30)23-27-28-24(32-23)26-22(31)17-10-12-19(13-11-17)25(2,3)4/h6-13,18H,5,14-15H2,1-4H3,(H,26,28,31). The van der Waals surface area contributed by atoms with Crippen LogP contribution in [0.1, 0.15) is 66.5 Å². The van der Waals surface area contributed by atoms with Gasteiger partial charge in [0.05, 0.1) is 0 Å². The fraction of sp³-hybridized carbons (Fsp3) is 0.360. The number of rotatable bonds is 5. The Labute approximate surface area is 192 Å². The van der Waals surface area contributed by atoms with Gasteiger partial charge in [0.25, 0.3) is 5.91 Å². The van der Waals surface area contributed by atoms with Crippen LogP contribution in [-0.2, 0) is 16.6 Å². The molecule has 2 amide bonds. The molecule has 6 nitrogen and oxygen atoms in total. The minimum absolute atomic E-state index is 0.0263. The van der Waals surface area contributed by atoms with E-state index in [1.807, 2.05) is 47.4 Å². The van der Waals surface area contributed by atoms with Crippen LogP contribution >= 0.6 is 11.3 Å². The van der Waals surface area contributed by atoms with Crippen molar-refractivity contribution in [1.29, 1.82) is 0 Å². The number of carbonyl (C=O) groups excluding carboxylic acids is 2. The maximum absolute atomic E-state index is 12.7. The van der Waals surface area contributed by atoms with E-state index in [1.54, 1.807) is 0 Å². The van der Waals surface area contributed by atoms with E-state index in [9.17, 15) is 9.59 Å². The molecule has 1 aromatic heterocycles. The molecule has 1 aliphatic heterocycles. The van der Waals surface area contributed by atoms with Crippen molar-refractivity contribution in [3.63, 3.8) is 0 Å². The van der Waals surface area contributed by atoms with E-state index in [0.717, 1.165) is 22.7 Å². The first-order valence-corrected chi connectivity index (χ1v) is 11.7. The van der Waals surface area contributed by atoms with Gasteiger partial charge in [0.2, 0.25) is 11.0 Å². The topological polar surface area (TPSA) is 75.2 Å². The van der Waals surface area contributed by atoms with Crippen LogP contribution in [0.2, 0.25) is 0 Å². The van der Waals surface area contributed by atoms with Gasteiger partial charge in [-0.15, -0.1) is 10.2 Å². The third-order valence-electron chi connectivity index (χ3n) is 5.81. The highest BCUT2D eigenvalue weighted by Gasteiger charge is 2.34. The summed E-state index contributed by atoms with van der Waals surface area (Å²) in [6.07, 6.45) is 1.27. The summed E-state index contributed by atoms with van der Waals surface area (Å²) in [5.74, 6) is -0.147. The zero-order valence-electron chi connectivity index (χ0n) is 18.9. The van der Waals surface area contributed by atoms with E-state index >= 15 is 0 Å². The summed E-state index contributed by atoms with van der Waals surface area (Å²) in [5, 5.41) is 12.5.